The van der Waals surface area contributed by atoms with Crippen molar-refractivity contribution in [2.45, 2.75) is 43.5 Å². The zero-order valence-electron chi connectivity index (χ0n) is 11.8. The van der Waals surface area contributed by atoms with Crippen LogP contribution in [0.3, 0.4) is 0 Å². The van der Waals surface area contributed by atoms with Crippen molar-refractivity contribution in [3.05, 3.63) is 23.2 Å². The largest absolute Gasteiger partial charge is 0.398 e. The normalized spacial score (nSPS) is 24.0. The third kappa shape index (κ3) is 2.95. The van der Waals surface area contributed by atoms with Crippen LogP contribution in [0.15, 0.2) is 23.1 Å². The SMILES string of the molecule is CC1CCCCC1N(C)S(=O)(=O)c1ccc(Cl)cc1N. The van der Waals surface area contributed by atoms with E-state index in [1.54, 1.807) is 13.1 Å². The van der Waals surface area contributed by atoms with Gasteiger partial charge in [0.05, 0.1) is 5.69 Å². The smallest absolute Gasteiger partial charge is 0.245 e. The molecule has 2 N–H and O–H groups in total. The first-order valence-corrected chi connectivity index (χ1v) is 8.69. The highest BCUT2D eigenvalue weighted by molar-refractivity contribution is 7.89. The van der Waals surface area contributed by atoms with Gasteiger partial charge in [-0.2, -0.15) is 4.31 Å². The summed E-state index contributed by atoms with van der Waals surface area (Å²) in [5.41, 5.74) is 6.02. The zero-order chi connectivity index (χ0) is 14.9. The first-order chi connectivity index (χ1) is 9.34. The van der Waals surface area contributed by atoms with Crippen molar-refractivity contribution in [3.63, 3.8) is 0 Å². The lowest BCUT2D eigenvalue weighted by molar-refractivity contribution is 0.213. The maximum Gasteiger partial charge on any atom is 0.245 e. The van der Waals surface area contributed by atoms with Gasteiger partial charge in [-0.25, -0.2) is 8.42 Å². The zero-order valence-corrected chi connectivity index (χ0v) is 13.4. The Balaban J connectivity index is 2.33. The van der Waals surface area contributed by atoms with E-state index in [9.17, 15) is 8.42 Å². The predicted octanol–water partition coefficient (Wildman–Crippen LogP) is 3.12. The molecule has 2 rings (SSSR count). The van der Waals surface area contributed by atoms with Crippen LogP contribution < -0.4 is 5.73 Å². The quantitative estimate of drug-likeness (QED) is 0.871. The van der Waals surface area contributed by atoms with E-state index in [1.807, 2.05) is 0 Å². The van der Waals surface area contributed by atoms with E-state index in [2.05, 4.69) is 6.92 Å². The summed E-state index contributed by atoms with van der Waals surface area (Å²) in [5.74, 6) is 0.372. The van der Waals surface area contributed by atoms with Gasteiger partial charge in [0.1, 0.15) is 4.90 Å². The highest BCUT2D eigenvalue weighted by Gasteiger charge is 2.33. The molecule has 4 nitrogen and oxygen atoms in total. The van der Waals surface area contributed by atoms with Gasteiger partial charge >= 0.3 is 0 Å². The van der Waals surface area contributed by atoms with Crippen LogP contribution in [0.1, 0.15) is 32.6 Å². The third-order valence-corrected chi connectivity index (χ3v) is 6.35. The van der Waals surface area contributed by atoms with Crippen molar-refractivity contribution in [2.24, 2.45) is 5.92 Å². The lowest BCUT2D eigenvalue weighted by Gasteiger charge is -2.35. The van der Waals surface area contributed by atoms with E-state index in [4.69, 9.17) is 17.3 Å². The molecule has 0 amide bonds. The van der Waals surface area contributed by atoms with Crippen LogP contribution in [0.4, 0.5) is 5.69 Å². The molecule has 1 aromatic carbocycles. The first-order valence-electron chi connectivity index (χ1n) is 6.87. The fraction of sp³-hybridized carbons (Fsp3) is 0.571. The summed E-state index contributed by atoms with van der Waals surface area (Å²) in [5, 5.41) is 0.440. The number of hydrogen-bond donors (Lipinski definition) is 1. The summed E-state index contributed by atoms with van der Waals surface area (Å²) < 4.78 is 26.9. The highest BCUT2D eigenvalue weighted by Crippen LogP contribution is 2.32. The summed E-state index contributed by atoms with van der Waals surface area (Å²) in [6.45, 7) is 2.11. The molecule has 1 aliphatic rings. The fourth-order valence-corrected chi connectivity index (χ4v) is 4.68. The van der Waals surface area contributed by atoms with Gasteiger partial charge in [-0.15, -0.1) is 0 Å². The van der Waals surface area contributed by atoms with Gasteiger partial charge in [-0.3, -0.25) is 0 Å². The summed E-state index contributed by atoms with van der Waals surface area (Å²) in [6.07, 6.45) is 4.23. The van der Waals surface area contributed by atoms with Crippen molar-refractivity contribution in [2.75, 3.05) is 12.8 Å². The maximum atomic E-state index is 12.7. The minimum atomic E-state index is -3.57. The number of benzene rings is 1. The van der Waals surface area contributed by atoms with E-state index < -0.39 is 10.0 Å². The van der Waals surface area contributed by atoms with Gasteiger partial charge in [0, 0.05) is 18.1 Å². The van der Waals surface area contributed by atoms with Gasteiger partial charge in [0.15, 0.2) is 0 Å². The van der Waals surface area contributed by atoms with Crippen LogP contribution in [0, 0.1) is 5.92 Å². The number of nitrogens with two attached hydrogens (primary N) is 1. The Labute approximate surface area is 126 Å². The van der Waals surface area contributed by atoms with Crippen LogP contribution in [0.2, 0.25) is 5.02 Å². The second-order valence-electron chi connectivity index (χ2n) is 5.53. The molecule has 0 heterocycles. The van der Waals surface area contributed by atoms with E-state index >= 15 is 0 Å². The van der Waals surface area contributed by atoms with Gasteiger partial charge in [-0.05, 0) is 37.0 Å². The minimum Gasteiger partial charge on any atom is -0.398 e. The molecular formula is C14H21ClN2O2S. The monoisotopic (exact) mass is 316 g/mol. The Bertz CT molecular complexity index is 589. The fourth-order valence-electron chi connectivity index (χ4n) is 2.92. The van der Waals surface area contributed by atoms with Gasteiger partial charge < -0.3 is 5.73 Å². The van der Waals surface area contributed by atoms with Crippen LogP contribution in [-0.4, -0.2) is 25.8 Å². The maximum absolute atomic E-state index is 12.7. The molecule has 0 saturated heterocycles. The molecule has 1 aliphatic carbocycles. The second-order valence-corrected chi connectivity index (χ2v) is 7.93. The number of nitrogens with zero attached hydrogens (tertiary/aromatic N) is 1. The molecule has 112 valence electrons. The summed E-state index contributed by atoms with van der Waals surface area (Å²) in [7, 11) is -1.92. The van der Waals surface area contributed by atoms with E-state index in [-0.39, 0.29) is 16.6 Å². The average molecular weight is 317 g/mol. The topological polar surface area (TPSA) is 63.4 Å². The van der Waals surface area contributed by atoms with Gasteiger partial charge in [-0.1, -0.05) is 31.4 Å². The number of anilines is 1. The second kappa shape index (κ2) is 5.92. The van der Waals surface area contributed by atoms with Crippen LogP contribution >= 0.6 is 11.6 Å². The molecule has 1 fully saturated rings. The van der Waals surface area contributed by atoms with Crippen molar-refractivity contribution in [1.82, 2.24) is 4.31 Å². The summed E-state index contributed by atoms with van der Waals surface area (Å²) >= 11 is 5.83. The molecule has 0 radical (unpaired) electrons. The predicted molar refractivity (Wildman–Crippen MR) is 82.2 cm³/mol. The number of rotatable bonds is 3. The van der Waals surface area contributed by atoms with Crippen molar-refractivity contribution >= 4 is 27.3 Å². The highest BCUT2D eigenvalue weighted by atomic mass is 35.5. The molecule has 2 atom stereocenters. The van der Waals surface area contributed by atoms with Crippen LogP contribution in [0.25, 0.3) is 0 Å². The molecule has 0 bridgehead atoms. The molecule has 20 heavy (non-hydrogen) atoms. The van der Waals surface area contributed by atoms with E-state index in [0.29, 0.717) is 10.9 Å². The molecule has 0 spiro atoms. The van der Waals surface area contributed by atoms with Crippen molar-refractivity contribution < 1.29 is 8.42 Å². The Kier molecular flexibility index (Phi) is 4.62. The van der Waals surface area contributed by atoms with Crippen LogP contribution in [-0.2, 0) is 10.0 Å². The average Bonchev–Trinajstić information content (AvgIpc) is 2.38. The number of halogens is 1. The summed E-state index contributed by atoms with van der Waals surface area (Å²) in [4.78, 5) is 0.141. The molecule has 1 saturated carbocycles. The van der Waals surface area contributed by atoms with Gasteiger partial charge in [0.25, 0.3) is 0 Å². The minimum absolute atomic E-state index is 0.0452. The van der Waals surface area contributed by atoms with E-state index in [1.165, 1.54) is 22.9 Å². The van der Waals surface area contributed by atoms with Gasteiger partial charge in [0.2, 0.25) is 10.0 Å². The van der Waals surface area contributed by atoms with E-state index in [0.717, 1.165) is 19.3 Å². The number of sulfonamides is 1. The molecular weight excluding hydrogens is 296 g/mol. The Morgan fingerprint density at radius 2 is 1.95 bits per heavy atom. The molecule has 2 unspecified atom stereocenters. The molecule has 1 aromatic rings. The van der Waals surface area contributed by atoms with Crippen LogP contribution in [0.5, 0.6) is 0 Å². The number of hydrogen-bond acceptors (Lipinski definition) is 3. The lowest BCUT2D eigenvalue weighted by Crippen LogP contribution is -2.42. The third-order valence-electron chi connectivity index (χ3n) is 4.16. The standard InChI is InChI=1S/C14H21ClN2O2S/c1-10-5-3-4-6-13(10)17(2)20(18,19)14-8-7-11(15)9-12(14)16/h7-10,13H,3-6,16H2,1-2H3. The van der Waals surface area contributed by atoms with Crippen molar-refractivity contribution in [3.8, 4) is 0 Å². The Morgan fingerprint density at radius 3 is 2.55 bits per heavy atom. The summed E-state index contributed by atoms with van der Waals surface area (Å²) in [6, 6.07) is 4.57. The Morgan fingerprint density at radius 1 is 1.30 bits per heavy atom. The van der Waals surface area contributed by atoms with Crippen molar-refractivity contribution in [1.29, 1.82) is 0 Å². The lowest BCUT2D eigenvalue weighted by atomic mass is 9.86. The Hall–Kier alpha value is -0.780. The molecule has 0 aromatic heterocycles. The molecule has 6 heteroatoms. The first kappa shape index (κ1) is 15.6. The molecule has 0 aliphatic heterocycles. The number of nitrogen functional groups attached to an aromatic ring is 1.